The quantitative estimate of drug-likeness (QED) is 0.828. The molecule has 0 bridgehead atoms. The van der Waals surface area contributed by atoms with E-state index in [4.69, 9.17) is 22.1 Å². The highest BCUT2D eigenvalue weighted by atomic mass is 35.5. The van der Waals surface area contributed by atoms with Gasteiger partial charge in [0.2, 0.25) is 0 Å². The summed E-state index contributed by atoms with van der Waals surface area (Å²) in [5.41, 5.74) is 6.83. The van der Waals surface area contributed by atoms with Crippen LogP contribution in [0.25, 0.3) is 0 Å². The van der Waals surface area contributed by atoms with Gasteiger partial charge in [-0.1, -0.05) is 29.8 Å². The minimum Gasteiger partial charge on any atom is -0.376 e. The Morgan fingerprint density at radius 2 is 2.06 bits per heavy atom. The summed E-state index contributed by atoms with van der Waals surface area (Å²) in [5.74, 6) is 0. The SMILES string of the molecule is CCOC(CN)CN(C)C(C)c1ccccc1Cl. The van der Waals surface area contributed by atoms with E-state index in [0.717, 1.165) is 17.1 Å². The lowest BCUT2D eigenvalue weighted by Crippen LogP contribution is -2.37. The summed E-state index contributed by atoms with van der Waals surface area (Å²) in [5, 5.41) is 0.803. The molecule has 0 spiro atoms. The lowest BCUT2D eigenvalue weighted by Gasteiger charge is -2.29. The van der Waals surface area contributed by atoms with Crippen LogP contribution in [-0.2, 0) is 4.74 Å². The molecule has 0 heterocycles. The summed E-state index contributed by atoms with van der Waals surface area (Å²) in [6, 6.07) is 8.18. The lowest BCUT2D eigenvalue weighted by atomic mass is 10.1. The van der Waals surface area contributed by atoms with Gasteiger partial charge in [0.05, 0.1) is 6.10 Å². The van der Waals surface area contributed by atoms with Crippen LogP contribution in [0, 0.1) is 0 Å². The monoisotopic (exact) mass is 270 g/mol. The molecular formula is C14H23ClN2O. The predicted octanol–water partition coefficient (Wildman–Crippen LogP) is 2.70. The van der Waals surface area contributed by atoms with Gasteiger partial charge >= 0.3 is 0 Å². The Morgan fingerprint density at radius 1 is 1.39 bits per heavy atom. The van der Waals surface area contributed by atoms with Gasteiger partial charge in [-0.2, -0.15) is 0 Å². The standard InChI is InChI=1S/C14H23ClN2O/c1-4-18-12(9-16)10-17(3)11(2)13-7-5-6-8-14(13)15/h5-8,11-12H,4,9-10,16H2,1-3H3. The third kappa shape index (κ3) is 4.25. The van der Waals surface area contributed by atoms with Gasteiger partial charge < -0.3 is 10.5 Å². The minimum atomic E-state index is 0.0740. The van der Waals surface area contributed by atoms with Crippen molar-refractivity contribution in [3.8, 4) is 0 Å². The number of halogens is 1. The molecule has 1 aromatic carbocycles. The summed E-state index contributed by atoms with van der Waals surface area (Å²) in [4.78, 5) is 2.22. The normalized spacial score (nSPS) is 14.8. The van der Waals surface area contributed by atoms with E-state index in [2.05, 4.69) is 24.9 Å². The average Bonchev–Trinajstić information content (AvgIpc) is 2.37. The largest absolute Gasteiger partial charge is 0.376 e. The van der Waals surface area contributed by atoms with Crippen molar-refractivity contribution in [1.82, 2.24) is 4.90 Å². The number of hydrogen-bond acceptors (Lipinski definition) is 3. The van der Waals surface area contributed by atoms with Crippen LogP contribution >= 0.6 is 11.6 Å². The minimum absolute atomic E-state index is 0.0740. The Labute approximate surface area is 115 Å². The topological polar surface area (TPSA) is 38.5 Å². The molecule has 3 nitrogen and oxygen atoms in total. The second-order valence-electron chi connectivity index (χ2n) is 4.45. The van der Waals surface area contributed by atoms with Crippen molar-refractivity contribution in [1.29, 1.82) is 0 Å². The first-order valence-corrected chi connectivity index (χ1v) is 6.74. The van der Waals surface area contributed by atoms with Crippen LogP contribution in [-0.4, -0.2) is 37.7 Å². The van der Waals surface area contributed by atoms with Crippen LogP contribution in [0.1, 0.15) is 25.5 Å². The van der Waals surface area contributed by atoms with Crippen molar-refractivity contribution in [2.75, 3.05) is 26.7 Å². The smallest absolute Gasteiger partial charge is 0.0823 e. The van der Waals surface area contributed by atoms with Crippen molar-refractivity contribution in [3.05, 3.63) is 34.9 Å². The number of likely N-dealkylation sites (N-methyl/N-ethyl adjacent to an activating group) is 1. The second-order valence-corrected chi connectivity index (χ2v) is 4.86. The molecule has 0 amide bonds. The number of ether oxygens (including phenoxy) is 1. The van der Waals surface area contributed by atoms with Gasteiger partial charge in [-0.25, -0.2) is 0 Å². The highest BCUT2D eigenvalue weighted by Gasteiger charge is 2.17. The molecule has 18 heavy (non-hydrogen) atoms. The molecular weight excluding hydrogens is 248 g/mol. The van der Waals surface area contributed by atoms with Gasteiger partial charge in [-0.15, -0.1) is 0 Å². The number of nitrogens with two attached hydrogens (primary N) is 1. The molecule has 2 unspecified atom stereocenters. The average molecular weight is 271 g/mol. The number of hydrogen-bond donors (Lipinski definition) is 1. The van der Waals surface area contributed by atoms with Crippen LogP contribution in [0.2, 0.25) is 5.02 Å². The van der Waals surface area contributed by atoms with Gasteiger partial charge in [0.25, 0.3) is 0 Å². The van der Waals surface area contributed by atoms with Gasteiger partial charge in [0.15, 0.2) is 0 Å². The van der Waals surface area contributed by atoms with Crippen molar-refractivity contribution in [3.63, 3.8) is 0 Å². The first-order valence-electron chi connectivity index (χ1n) is 6.36. The third-order valence-electron chi connectivity index (χ3n) is 3.17. The van der Waals surface area contributed by atoms with Crippen molar-refractivity contribution < 1.29 is 4.74 Å². The molecule has 2 N–H and O–H groups in total. The summed E-state index contributed by atoms with van der Waals surface area (Å²) in [6.07, 6.45) is 0.0740. The molecule has 1 aromatic rings. The molecule has 0 aliphatic rings. The first-order chi connectivity index (χ1) is 8.60. The van der Waals surface area contributed by atoms with Crippen molar-refractivity contribution >= 4 is 11.6 Å². The van der Waals surface area contributed by atoms with Crippen LogP contribution in [0.15, 0.2) is 24.3 Å². The van der Waals surface area contributed by atoms with Crippen molar-refractivity contribution in [2.24, 2.45) is 5.73 Å². The highest BCUT2D eigenvalue weighted by Crippen LogP contribution is 2.26. The fourth-order valence-electron chi connectivity index (χ4n) is 1.96. The van der Waals surface area contributed by atoms with Crippen LogP contribution in [0.4, 0.5) is 0 Å². The fourth-order valence-corrected chi connectivity index (χ4v) is 2.26. The Kier molecular flexibility index (Phi) is 6.65. The highest BCUT2D eigenvalue weighted by molar-refractivity contribution is 6.31. The Hall–Kier alpha value is -0.610. The molecule has 0 aromatic heterocycles. The van der Waals surface area contributed by atoms with Crippen LogP contribution < -0.4 is 5.73 Å². The van der Waals surface area contributed by atoms with Gasteiger partial charge in [-0.05, 0) is 32.5 Å². The second kappa shape index (κ2) is 7.74. The zero-order valence-corrected chi connectivity index (χ0v) is 12.2. The number of rotatable bonds is 7. The Morgan fingerprint density at radius 3 is 2.61 bits per heavy atom. The van der Waals surface area contributed by atoms with E-state index in [1.807, 2.05) is 25.1 Å². The zero-order valence-electron chi connectivity index (χ0n) is 11.4. The van der Waals surface area contributed by atoms with E-state index < -0.39 is 0 Å². The molecule has 0 aliphatic carbocycles. The maximum absolute atomic E-state index is 6.21. The van der Waals surface area contributed by atoms with E-state index in [1.165, 1.54) is 0 Å². The van der Waals surface area contributed by atoms with Crippen molar-refractivity contribution in [2.45, 2.75) is 26.0 Å². The van der Waals surface area contributed by atoms with Gasteiger partial charge in [0, 0.05) is 30.8 Å². The molecule has 0 saturated carbocycles. The van der Waals surface area contributed by atoms with E-state index >= 15 is 0 Å². The zero-order chi connectivity index (χ0) is 13.5. The molecule has 0 fully saturated rings. The number of nitrogens with zero attached hydrogens (tertiary/aromatic N) is 1. The van der Waals surface area contributed by atoms with Crippen LogP contribution in [0.3, 0.4) is 0 Å². The fraction of sp³-hybridized carbons (Fsp3) is 0.571. The Bertz CT molecular complexity index is 359. The third-order valence-corrected chi connectivity index (χ3v) is 3.52. The van der Waals surface area contributed by atoms with E-state index in [1.54, 1.807) is 0 Å². The summed E-state index contributed by atoms with van der Waals surface area (Å²) < 4.78 is 5.58. The summed E-state index contributed by atoms with van der Waals surface area (Å²) >= 11 is 6.21. The van der Waals surface area contributed by atoms with Crippen LogP contribution in [0.5, 0.6) is 0 Å². The number of benzene rings is 1. The maximum atomic E-state index is 6.21. The van der Waals surface area contributed by atoms with Gasteiger partial charge in [0.1, 0.15) is 0 Å². The van der Waals surface area contributed by atoms with E-state index in [0.29, 0.717) is 13.2 Å². The first kappa shape index (κ1) is 15.4. The predicted molar refractivity (Wildman–Crippen MR) is 77.0 cm³/mol. The molecule has 0 aliphatic heterocycles. The molecule has 0 radical (unpaired) electrons. The molecule has 1 rings (SSSR count). The summed E-state index contributed by atoms with van der Waals surface area (Å²) in [6.45, 7) is 6.15. The Balaban J connectivity index is 2.66. The molecule has 4 heteroatoms. The molecule has 102 valence electrons. The molecule has 0 saturated heterocycles. The molecule has 2 atom stereocenters. The maximum Gasteiger partial charge on any atom is 0.0823 e. The van der Waals surface area contributed by atoms with E-state index in [-0.39, 0.29) is 12.1 Å². The lowest BCUT2D eigenvalue weighted by molar-refractivity contribution is 0.0371. The van der Waals surface area contributed by atoms with Gasteiger partial charge in [-0.3, -0.25) is 4.90 Å². The summed E-state index contributed by atoms with van der Waals surface area (Å²) in [7, 11) is 2.07. The van der Waals surface area contributed by atoms with E-state index in [9.17, 15) is 0 Å².